The van der Waals surface area contributed by atoms with Gasteiger partial charge in [-0.1, -0.05) is 19.3 Å². The van der Waals surface area contributed by atoms with Gasteiger partial charge < -0.3 is 5.32 Å². The average Bonchev–Trinajstić information content (AvgIpc) is 2.70. The molecule has 0 radical (unpaired) electrons. The molecule has 1 N–H and O–H groups in total. The van der Waals surface area contributed by atoms with Crippen LogP contribution in [0, 0.1) is 6.92 Å². The molecule has 19 heavy (non-hydrogen) atoms. The molecule has 0 saturated heterocycles. The van der Waals surface area contributed by atoms with Gasteiger partial charge in [0.1, 0.15) is 10.6 Å². The van der Waals surface area contributed by atoms with Crippen LogP contribution in [0.1, 0.15) is 43.9 Å². The van der Waals surface area contributed by atoms with Crippen LogP contribution in [0.5, 0.6) is 0 Å². The summed E-state index contributed by atoms with van der Waals surface area (Å²) in [5, 5.41) is 5.05. The number of fused-ring (bicyclic) bond motifs is 1. The van der Waals surface area contributed by atoms with Crippen LogP contribution in [0.2, 0.25) is 5.28 Å². The quantitative estimate of drug-likeness (QED) is 0.810. The number of aromatic nitrogens is 2. The van der Waals surface area contributed by atoms with Crippen molar-refractivity contribution < 1.29 is 0 Å². The monoisotopic (exact) mass is 295 g/mol. The van der Waals surface area contributed by atoms with Crippen LogP contribution in [0.3, 0.4) is 0 Å². The number of aryl methyl sites for hydroxylation is 1. The van der Waals surface area contributed by atoms with E-state index in [1.54, 1.807) is 11.3 Å². The van der Waals surface area contributed by atoms with E-state index in [1.165, 1.54) is 37.0 Å². The first-order valence-electron chi connectivity index (χ1n) is 6.78. The minimum Gasteiger partial charge on any atom is -0.364 e. The second-order valence-electron chi connectivity index (χ2n) is 5.66. The third-order valence-electron chi connectivity index (χ3n) is 3.87. The molecule has 0 aromatic carbocycles. The van der Waals surface area contributed by atoms with E-state index in [-0.39, 0.29) is 5.54 Å². The van der Waals surface area contributed by atoms with Crippen LogP contribution in [-0.2, 0) is 0 Å². The van der Waals surface area contributed by atoms with E-state index in [4.69, 9.17) is 11.6 Å². The number of hydrogen-bond donors (Lipinski definition) is 1. The summed E-state index contributed by atoms with van der Waals surface area (Å²) >= 11 is 7.71. The summed E-state index contributed by atoms with van der Waals surface area (Å²) in [5.74, 6) is 0.892. The zero-order valence-electron chi connectivity index (χ0n) is 11.3. The summed E-state index contributed by atoms with van der Waals surface area (Å²) < 4.78 is 0. The largest absolute Gasteiger partial charge is 0.364 e. The Hall–Kier alpha value is -0.870. The summed E-state index contributed by atoms with van der Waals surface area (Å²) in [6.45, 7) is 4.37. The van der Waals surface area contributed by atoms with Gasteiger partial charge in [-0.2, -0.15) is 0 Å². The second-order valence-corrected chi connectivity index (χ2v) is 7.24. The van der Waals surface area contributed by atoms with E-state index in [1.807, 2.05) is 0 Å². The van der Waals surface area contributed by atoms with Gasteiger partial charge in [0.25, 0.3) is 0 Å². The Balaban J connectivity index is 1.99. The first-order valence-corrected chi connectivity index (χ1v) is 7.97. The minimum atomic E-state index is 0.138. The van der Waals surface area contributed by atoms with Gasteiger partial charge >= 0.3 is 0 Å². The standard InChI is InChI=1S/C14H18ClN3S/c1-9-8-10-11(16-13(15)17-12(10)19-9)18-14(2)6-4-3-5-7-14/h8H,3-7H2,1-2H3,(H,16,17,18). The van der Waals surface area contributed by atoms with Gasteiger partial charge in [0.15, 0.2) is 0 Å². The summed E-state index contributed by atoms with van der Waals surface area (Å²) in [6.07, 6.45) is 6.30. The van der Waals surface area contributed by atoms with E-state index in [2.05, 4.69) is 35.2 Å². The number of nitrogens with one attached hydrogen (secondary N) is 1. The summed E-state index contributed by atoms with van der Waals surface area (Å²) in [7, 11) is 0. The molecule has 1 fully saturated rings. The van der Waals surface area contributed by atoms with E-state index in [0.29, 0.717) is 5.28 Å². The first-order chi connectivity index (χ1) is 9.06. The van der Waals surface area contributed by atoms with Crippen LogP contribution in [0.25, 0.3) is 10.2 Å². The number of thiophene rings is 1. The lowest BCUT2D eigenvalue weighted by atomic mass is 9.83. The maximum atomic E-state index is 6.04. The molecule has 1 saturated carbocycles. The smallest absolute Gasteiger partial charge is 0.225 e. The molecular formula is C14H18ClN3S. The lowest BCUT2D eigenvalue weighted by Gasteiger charge is -2.35. The van der Waals surface area contributed by atoms with Crippen molar-refractivity contribution in [1.82, 2.24) is 9.97 Å². The van der Waals surface area contributed by atoms with Gasteiger partial charge in [0, 0.05) is 10.4 Å². The molecular weight excluding hydrogens is 278 g/mol. The van der Waals surface area contributed by atoms with Crippen LogP contribution in [0.4, 0.5) is 5.82 Å². The molecule has 102 valence electrons. The van der Waals surface area contributed by atoms with E-state index in [0.717, 1.165) is 16.0 Å². The highest BCUT2D eigenvalue weighted by Crippen LogP contribution is 2.35. The van der Waals surface area contributed by atoms with Gasteiger partial charge in [-0.05, 0) is 44.4 Å². The van der Waals surface area contributed by atoms with Crippen molar-refractivity contribution in [1.29, 1.82) is 0 Å². The fourth-order valence-electron chi connectivity index (χ4n) is 2.85. The molecule has 0 unspecified atom stereocenters. The third kappa shape index (κ3) is 2.70. The minimum absolute atomic E-state index is 0.138. The maximum absolute atomic E-state index is 6.04. The highest BCUT2D eigenvalue weighted by molar-refractivity contribution is 7.18. The van der Waals surface area contributed by atoms with Crippen LogP contribution < -0.4 is 5.32 Å². The average molecular weight is 296 g/mol. The van der Waals surface area contributed by atoms with Gasteiger partial charge in [0.2, 0.25) is 5.28 Å². The van der Waals surface area contributed by atoms with Crippen molar-refractivity contribution in [2.75, 3.05) is 5.32 Å². The fourth-order valence-corrected chi connectivity index (χ4v) is 3.95. The molecule has 3 rings (SSSR count). The normalized spacial score (nSPS) is 18.7. The maximum Gasteiger partial charge on any atom is 0.225 e. The highest BCUT2D eigenvalue weighted by Gasteiger charge is 2.27. The molecule has 1 aliphatic rings. The molecule has 1 aliphatic carbocycles. The number of halogens is 1. The number of nitrogens with zero attached hydrogens (tertiary/aromatic N) is 2. The molecule has 0 aliphatic heterocycles. The van der Waals surface area contributed by atoms with Gasteiger partial charge in [0.05, 0.1) is 5.39 Å². The number of anilines is 1. The lowest BCUT2D eigenvalue weighted by molar-refractivity contribution is 0.349. The zero-order chi connectivity index (χ0) is 13.5. The van der Waals surface area contributed by atoms with Gasteiger partial charge in [-0.15, -0.1) is 11.3 Å². The number of hydrogen-bond acceptors (Lipinski definition) is 4. The van der Waals surface area contributed by atoms with E-state index >= 15 is 0 Å². The fraction of sp³-hybridized carbons (Fsp3) is 0.571. The molecule has 5 heteroatoms. The Labute approximate surface area is 122 Å². The second kappa shape index (κ2) is 4.91. The van der Waals surface area contributed by atoms with Crippen LogP contribution >= 0.6 is 22.9 Å². The van der Waals surface area contributed by atoms with Crippen molar-refractivity contribution in [3.63, 3.8) is 0 Å². The summed E-state index contributed by atoms with van der Waals surface area (Å²) in [5.41, 5.74) is 0.138. The van der Waals surface area contributed by atoms with Crippen LogP contribution in [0.15, 0.2) is 6.07 Å². The van der Waals surface area contributed by atoms with Crippen molar-refractivity contribution in [3.05, 3.63) is 16.2 Å². The summed E-state index contributed by atoms with van der Waals surface area (Å²) in [6, 6.07) is 2.14. The van der Waals surface area contributed by atoms with Crippen molar-refractivity contribution in [3.8, 4) is 0 Å². The summed E-state index contributed by atoms with van der Waals surface area (Å²) in [4.78, 5) is 10.9. The molecule has 2 heterocycles. The SMILES string of the molecule is Cc1cc2c(NC3(C)CCCCC3)nc(Cl)nc2s1. The topological polar surface area (TPSA) is 37.8 Å². The Morgan fingerprint density at radius 3 is 2.74 bits per heavy atom. The number of rotatable bonds is 2. The lowest BCUT2D eigenvalue weighted by Crippen LogP contribution is -2.37. The van der Waals surface area contributed by atoms with Crippen molar-refractivity contribution >= 4 is 39.0 Å². The Morgan fingerprint density at radius 1 is 1.26 bits per heavy atom. The van der Waals surface area contributed by atoms with Gasteiger partial charge in [-0.25, -0.2) is 9.97 Å². The van der Waals surface area contributed by atoms with Crippen molar-refractivity contribution in [2.45, 2.75) is 51.5 Å². The Morgan fingerprint density at radius 2 is 2.00 bits per heavy atom. The van der Waals surface area contributed by atoms with Crippen molar-refractivity contribution in [2.24, 2.45) is 0 Å². The Bertz CT molecular complexity index is 602. The van der Waals surface area contributed by atoms with E-state index < -0.39 is 0 Å². The Kier molecular flexibility index (Phi) is 3.39. The highest BCUT2D eigenvalue weighted by atomic mass is 35.5. The molecule has 0 bridgehead atoms. The molecule has 2 aromatic rings. The molecule has 0 atom stereocenters. The predicted octanol–water partition coefficient (Wildman–Crippen LogP) is 4.79. The molecule has 3 nitrogen and oxygen atoms in total. The predicted molar refractivity (Wildman–Crippen MR) is 82.3 cm³/mol. The third-order valence-corrected chi connectivity index (χ3v) is 4.98. The first kappa shape index (κ1) is 13.1. The molecule has 2 aromatic heterocycles. The van der Waals surface area contributed by atoms with Crippen LogP contribution in [-0.4, -0.2) is 15.5 Å². The van der Waals surface area contributed by atoms with E-state index in [9.17, 15) is 0 Å². The van der Waals surface area contributed by atoms with Gasteiger partial charge in [-0.3, -0.25) is 0 Å². The molecule has 0 amide bonds. The molecule has 0 spiro atoms. The zero-order valence-corrected chi connectivity index (χ0v) is 12.9.